The molecule has 4 heteroatoms. The molecule has 0 fully saturated rings. The summed E-state index contributed by atoms with van der Waals surface area (Å²) in [4.78, 5) is 5.01. The summed E-state index contributed by atoms with van der Waals surface area (Å²) in [5.74, 6) is 0. The van der Waals surface area contributed by atoms with E-state index in [0.29, 0.717) is 0 Å². The summed E-state index contributed by atoms with van der Waals surface area (Å²) in [6.07, 6.45) is 10.4. The SMILES string of the molecule is CCCC1(N(c2ccc(C)cc2)c2ccoc2)c2cc3c(cc21)C(C)(C)c1cc2c(cc1-3)C2(CC)N(c1ccc(C)cc1)c1ccoc1. The lowest BCUT2D eigenvalue weighted by molar-refractivity contribution is 0.548. The van der Waals surface area contributed by atoms with Crippen molar-refractivity contribution in [3.8, 4) is 11.1 Å². The first-order valence-corrected chi connectivity index (χ1v) is 17.4. The molecule has 0 amide bonds. The lowest BCUT2D eigenvalue weighted by atomic mass is 9.82. The van der Waals surface area contributed by atoms with E-state index in [2.05, 4.69) is 136 Å². The second-order valence-corrected chi connectivity index (χ2v) is 14.6. The molecule has 2 aromatic heterocycles. The highest BCUT2D eigenvalue weighted by atomic mass is 16.3. The van der Waals surface area contributed by atoms with E-state index in [1.165, 1.54) is 67.0 Å². The van der Waals surface area contributed by atoms with Crippen molar-refractivity contribution in [3.63, 3.8) is 0 Å². The standard InChI is InChI=1S/C44H42N2O2/c1-7-19-44(46(33-18-21-48-27-33)31-15-11-29(4)12-16-31)39-23-35-34-22-38-40(24-36(34)42(5,6)37(35)25-41(39)44)43(38,8-2)45(32-17-20-47-26-32)30-13-9-28(3)10-14-30/h9-18,20-27H,7-8,19H2,1-6H3. The summed E-state index contributed by atoms with van der Waals surface area (Å²) in [6, 6.07) is 32.2. The van der Waals surface area contributed by atoms with Gasteiger partial charge in [0.2, 0.25) is 0 Å². The Morgan fingerprint density at radius 1 is 0.521 bits per heavy atom. The lowest BCUT2D eigenvalue weighted by Crippen LogP contribution is -2.32. The first-order valence-electron chi connectivity index (χ1n) is 17.4. The molecule has 3 aliphatic carbocycles. The van der Waals surface area contributed by atoms with Crippen molar-refractivity contribution >= 4 is 22.7 Å². The Morgan fingerprint density at radius 3 is 1.40 bits per heavy atom. The maximum atomic E-state index is 5.68. The van der Waals surface area contributed by atoms with Crippen LogP contribution in [-0.2, 0) is 16.5 Å². The third-order valence-corrected chi connectivity index (χ3v) is 11.6. The quantitative estimate of drug-likeness (QED) is 0.159. The Bertz CT molecular complexity index is 2170. The molecule has 0 saturated carbocycles. The van der Waals surface area contributed by atoms with Gasteiger partial charge in [-0.05, 0) is 108 Å². The van der Waals surface area contributed by atoms with E-state index in [4.69, 9.17) is 8.83 Å². The second kappa shape index (κ2) is 10.0. The van der Waals surface area contributed by atoms with Crippen molar-refractivity contribution in [2.45, 2.75) is 77.3 Å². The predicted octanol–water partition coefficient (Wildman–Crippen LogP) is 11.8. The minimum atomic E-state index is -0.210. The van der Waals surface area contributed by atoms with Gasteiger partial charge in [0, 0.05) is 28.9 Å². The lowest BCUT2D eigenvalue weighted by Gasteiger charge is -2.34. The molecule has 6 aromatic rings. The maximum absolute atomic E-state index is 5.68. The zero-order valence-corrected chi connectivity index (χ0v) is 28.7. The molecule has 2 unspecified atom stereocenters. The molecule has 0 aliphatic heterocycles. The van der Waals surface area contributed by atoms with Gasteiger partial charge in [-0.3, -0.25) is 0 Å². The van der Waals surface area contributed by atoms with Crippen LogP contribution in [0.3, 0.4) is 0 Å². The number of anilines is 4. The van der Waals surface area contributed by atoms with Crippen molar-refractivity contribution < 1.29 is 8.83 Å². The highest BCUT2D eigenvalue weighted by Gasteiger charge is 2.59. The number of furan rings is 2. The van der Waals surface area contributed by atoms with Crippen LogP contribution in [0.25, 0.3) is 11.1 Å². The highest BCUT2D eigenvalue weighted by Crippen LogP contribution is 2.66. The average Bonchev–Trinajstić information content (AvgIpc) is 3.50. The van der Waals surface area contributed by atoms with E-state index in [-0.39, 0.29) is 16.5 Å². The first-order chi connectivity index (χ1) is 23.3. The third kappa shape index (κ3) is 3.77. The van der Waals surface area contributed by atoms with Crippen molar-refractivity contribution in [3.05, 3.63) is 154 Å². The largest absolute Gasteiger partial charge is 0.470 e. The van der Waals surface area contributed by atoms with Crippen LogP contribution in [0.15, 0.2) is 119 Å². The molecule has 0 radical (unpaired) electrons. The van der Waals surface area contributed by atoms with Gasteiger partial charge in [0.1, 0.15) is 12.5 Å². The van der Waals surface area contributed by atoms with Crippen molar-refractivity contribution in [1.82, 2.24) is 0 Å². The Morgan fingerprint density at radius 2 is 0.958 bits per heavy atom. The molecule has 9 rings (SSSR count). The summed E-state index contributed by atoms with van der Waals surface area (Å²) in [5, 5.41) is 0. The van der Waals surface area contributed by atoms with Crippen LogP contribution in [0.4, 0.5) is 22.7 Å². The molecule has 2 atom stereocenters. The number of hydrogen-bond acceptors (Lipinski definition) is 4. The van der Waals surface area contributed by atoms with Crippen LogP contribution in [0.2, 0.25) is 0 Å². The van der Waals surface area contributed by atoms with Gasteiger partial charge in [0.25, 0.3) is 0 Å². The fourth-order valence-electron chi connectivity index (χ4n) is 9.11. The fourth-order valence-corrected chi connectivity index (χ4v) is 9.11. The van der Waals surface area contributed by atoms with E-state index >= 15 is 0 Å². The summed E-state index contributed by atoms with van der Waals surface area (Å²) in [6.45, 7) is 13.7. The molecule has 4 aromatic carbocycles. The van der Waals surface area contributed by atoms with E-state index in [1.54, 1.807) is 12.5 Å². The van der Waals surface area contributed by atoms with Crippen molar-refractivity contribution in [1.29, 1.82) is 0 Å². The Hall–Kier alpha value is -4.96. The molecule has 4 nitrogen and oxygen atoms in total. The first kappa shape index (κ1) is 29.2. The maximum Gasteiger partial charge on any atom is 0.114 e. The molecule has 0 bridgehead atoms. The number of nitrogens with zero attached hydrogens (tertiary/aromatic N) is 2. The number of benzene rings is 4. The van der Waals surface area contributed by atoms with Gasteiger partial charge < -0.3 is 18.6 Å². The Balaban J connectivity index is 1.18. The second-order valence-electron chi connectivity index (χ2n) is 14.6. The number of hydrogen-bond donors (Lipinski definition) is 0. The summed E-state index contributed by atoms with van der Waals surface area (Å²) in [7, 11) is 0. The highest BCUT2D eigenvalue weighted by molar-refractivity contribution is 5.90. The van der Waals surface area contributed by atoms with Gasteiger partial charge in [0.05, 0.1) is 35.0 Å². The van der Waals surface area contributed by atoms with Crippen LogP contribution in [0.5, 0.6) is 0 Å². The van der Waals surface area contributed by atoms with Crippen LogP contribution in [0.1, 0.15) is 91.5 Å². The van der Waals surface area contributed by atoms with E-state index in [9.17, 15) is 0 Å². The topological polar surface area (TPSA) is 32.8 Å². The smallest absolute Gasteiger partial charge is 0.114 e. The molecular formula is C44H42N2O2. The number of rotatable bonds is 9. The zero-order chi connectivity index (χ0) is 33.0. The summed E-state index contributed by atoms with van der Waals surface area (Å²) in [5.41, 5.74) is 17.9. The summed E-state index contributed by atoms with van der Waals surface area (Å²) >= 11 is 0. The van der Waals surface area contributed by atoms with Crippen LogP contribution >= 0.6 is 0 Å². The molecule has 0 N–H and O–H groups in total. The zero-order valence-electron chi connectivity index (χ0n) is 28.7. The predicted molar refractivity (Wildman–Crippen MR) is 195 cm³/mol. The minimum Gasteiger partial charge on any atom is -0.470 e. The van der Waals surface area contributed by atoms with E-state index in [0.717, 1.165) is 30.6 Å². The third-order valence-electron chi connectivity index (χ3n) is 11.6. The number of fused-ring (bicyclic) bond motifs is 5. The van der Waals surface area contributed by atoms with Crippen LogP contribution < -0.4 is 9.80 Å². The van der Waals surface area contributed by atoms with Crippen molar-refractivity contribution in [2.24, 2.45) is 0 Å². The average molecular weight is 631 g/mol. The molecular weight excluding hydrogens is 588 g/mol. The van der Waals surface area contributed by atoms with Gasteiger partial charge in [0.15, 0.2) is 0 Å². The molecule has 0 saturated heterocycles. The normalized spacial score (nSPS) is 20.5. The van der Waals surface area contributed by atoms with E-state index in [1.807, 2.05) is 12.5 Å². The van der Waals surface area contributed by atoms with E-state index < -0.39 is 0 Å². The van der Waals surface area contributed by atoms with Crippen LogP contribution in [0, 0.1) is 13.8 Å². The molecule has 48 heavy (non-hydrogen) atoms. The monoisotopic (exact) mass is 630 g/mol. The van der Waals surface area contributed by atoms with Crippen LogP contribution in [-0.4, -0.2) is 0 Å². The Labute approximate surface area is 283 Å². The van der Waals surface area contributed by atoms with Crippen molar-refractivity contribution in [2.75, 3.05) is 9.80 Å². The molecule has 3 aliphatic rings. The van der Waals surface area contributed by atoms with Gasteiger partial charge in [-0.15, -0.1) is 0 Å². The minimum absolute atomic E-state index is 0.119. The molecule has 2 heterocycles. The van der Waals surface area contributed by atoms with Gasteiger partial charge >= 0.3 is 0 Å². The van der Waals surface area contributed by atoms with Gasteiger partial charge in [-0.25, -0.2) is 0 Å². The number of aryl methyl sites for hydroxylation is 2. The molecule has 240 valence electrons. The van der Waals surface area contributed by atoms with Gasteiger partial charge in [-0.2, -0.15) is 0 Å². The van der Waals surface area contributed by atoms with Gasteiger partial charge in [-0.1, -0.05) is 81.6 Å². The summed E-state index contributed by atoms with van der Waals surface area (Å²) < 4.78 is 11.3. The fraction of sp³-hybridized carbons (Fsp3) is 0.273. The Kier molecular flexibility index (Phi) is 6.10. The molecule has 0 spiro atoms.